The van der Waals surface area contributed by atoms with Crippen LogP contribution in [0.25, 0.3) is 11.0 Å². The van der Waals surface area contributed by atoms with Crippen LogP contribution in [-0.2, 0) is 4.79 Å². The van der Waals surface area contributed by atoms with Gasteiger partial charge in [0.2, 0.25) is 0 Å². The van der Waals surface area contributed by atoms with Gasteiger partial charge < -0.3 is 13.9 Å². The molecule has 0 aliphatic rings. The molecule has 2 amide bonds. The quantitative estimate of drug-likeness (QED) is 0.164. The number of amides is 2. The number of thiocarbonyl (C=S) groups is 1. The zero-order valence-corrected chi connectivity index (χ0v) is 18.9. The van der Waals surface area contributed by atoms with Crippen molar-refractivity contribution in [2.24, 2.45) is 0 Å². The van der Waals surface area contributed by atoms with Crippen LogP contribution >= 0.6 is 12.2 Å². The number of fused-ring (bicyclic) bond motifs is 1. The molecule has 35 heavy (non-hydrogen) atoms. The third-order valence-corrected chi connectivity index (χ3v) is 4.80. The summed E-state index contributed by atoms with van der Waals surface area (Å²) in [5.41, 5.74) is 4.02. The molecule has 0 atom stereocenters. The SMILES string of the molecule is O=C(NC(=S)NNC(=O)C(Oc1ccccc1)Oc1ccccc1)c1cc2ccccc2oc1=O. The van der Waals surface area contributed by atoms with Gasteiger partial charge in [-0.1, -0.05) is 54.6 Å². The molecule has 4 rings (SSSR count). The molecule has 0 aliphatic carbocycles. The van der Waals surface area contributed by atoms with E-state index in [4.69, 9.17) is 26.1 Å². The average Bonchev–Trinajstić information content (AvgIpc) is 2.87. The number of hydrazine groups is 1. The second-order valence-corrected chi connectivity index (χ2v) is 7.48. The summed E-state index contributed by atoms with van der Waals surface area (Å²) in [4.78, 5) is 37.4. The van der Waals surface area contributed by atoms with Crippen molar-refractivity contribution < 1.29 is 23.5 Å². The van der Waals surface area contributed by atoms with Gasteiger partial charge >= 0.3 is 17.8 Å². The van der Waals surface area contributed by atoms with Crippen LogP contribution in [0.3, 0.4) is 0 Å². The second kappa shape index (κ2) is 10.9. The molecule has 1 heterocycles. The van der Waals surface area contributed by atoms with Crippen LogP contribution in [-0.4, -0.2) is 23.2 Å². The summed E-state index contributed by atoms with van der Waals surface area (Å²) in [5.74, 6) is -0.710. The van der Waals surface area contributed by atoms with Crippen molar-refractivity contribution in [2.75, 3.05) is 0 Å². The smallest absolute Gasteiger partial charge is 0.349 e. The molecule has 0 radical (unpaired) electrons. The first-order valence-corrected chi connectivity index (χ1v) is 10.8. The first kappa shape index (κ1) is 23.5. The van der Waals surface area contributed by atoms with Crippen LogP contribution in [0.4, 0.5) is 0 Å². The largest absolute Gasteiger partial charge is 0.446 e. The molecule has 0 saturated heterocycles. The normalized spacial score (nSPS) is 10.4. The summed E-state index contributed by atoms with van der Waals surface area (Å²) in [6, 6.07) is 25.5. The Labute approximate surface area is 204 Å². The van der Waals surface area contributed by atoms with Crippen LogP contribution in [0.2, 0.25) is 0 Å². The maximum absolute atomic E-state index is 12.8. The molecule has 0 fully saturated rings. The van der Waals surface area contributed by atoms with E-state index in [1.807, 2.05) is 0 Å². The molecule has 9 nitrogen and oxygen atoms in total. The molecule has 0 unspecified atom stereocenters. The Kier molecular flexibility index (Phi) is 7.34. The lowest BCUT2D eigenvalue weighted by atomic mass is 10.2. The lowest BCUT2D eigenvalue weighted by Crippen LogP contribution is -2.53. The van der Waals surface area contributed by atoms with E-state index in [2.05, 4.69) is 16.2 Å². The molecule has 0 saturated carbocycles. The monoisotopic (exact) mass is 489 g/mol. The molecule has 0 aliphatic heterocycles. The molecule has 3 N–H and O–H groups in total. The van der Waals surface area contributed by atoms with Crippen LogP contribution in [0.1, 0.15) is 10.4 Å². The van der Waals surface area contributed by atoms with E-state index in [1.165, 1.54) is 6.07 Å². The third-order valence-electron chi connectivity index (χ3n) is 4.60. The van der Waals surface area contributed by atoms with Gasteiger partial charge in [-0.25, -0.2) is 4.79 Å². The molecule has 0 bridgehead atoms. The van der Waals surface area contributed by atoms with E-state index < -0.39 is 23.7 Å². The Morgan fingerprint density at radius 1 is 0.800 bits per heavy atom. The van der Waals surface area contributed by atoms with Crippen LogP contribution in [0.15, 0.2) is 100 Å². The van der Waals surface area contributed by atoms with Gasteiger partial charge in [0.15, 0.2) is 5.11 Å². The molecular formula is C25H19N3O6S. The zero-order chi connectivity index (χ0) is 24.6. The van der Waals surface area contributed by atoms with Crippen LogP contribution in [0.5, 0.6) is 11.5 Å². The number of ether oxygens (including phenoxy) is 2. The van der Waals surface area contributed by atoms with Crippen molar-refractivity contribution in [1.29, 1.82) is 0 Å². The van der Waals surface area contributed by atoms with Crippen molar-refractivity contribution >= 4 is 40.1 Å². The van der Waals surface area contributed by atoms with Gasteiger partial charge in [0.1, 0.15) is 22.6 Å². The number of carbonyl (C=O) groups is 2. The number of para-hydroxylation sites is 3. The fraction of sp³-hybridized carbons (Fsp3) is 0.0400. The number of hydrogen-bond acceptors (Lipinski definition) is 7. The summed E-state index contributed by atoms with van der Waals surface area (Å²) in [6.45, 7) is 0. The Balaban J connectivity index is 1.39. The third kappa shape index (κ3) is 6.21. The van der Waals surface area contributed by atoms with E-state index in [0.717, 1.165) is 0 Å². The Bertz CT molecular complexity index is 1370. The van der Waals surface area contributed by atoms with Gasteiger partial charge in [-0.2, -0.15) is 0 Å². The summed E-state index contributed by atoms with van der Waals surface area (Å²) >= 11 is 5.06. The van der Waals surface area contributed by atoms with E-state index in [9.17, 15) is 14.4 Å². The minimum absolute atomic E-state index is 0.239. The summed E-state index contributed by atoms with van der Waals surface area (Å²) in [5, 5.41) is 2.64. The van der Waals surface area contributed by atoms with Crippen LogP contribution in [0, 0.1) is 0 Å². The van der Waals surface area contributed by atoms with E-state index in [0.29, 0.717) is 22.5 Å². The highest BCUT2D eigenvalue weighted by atomic mass is 32.1. The second-order valence-electron chi connectivity index (χ2n) is 7.08. The molecule has 0 spiro atoms. The first-order valence-electron chi connectivity index (χ1n) is 10.4. The number of carbonyl (C=O) groups excluding carboxylic acids is 2. The molecule has 4 aromatic rings. The minimum atomic E-state index is -1.38. The maximum Gasteiger partial charge on any atom is 0.349 e. The molecule has 1 aromatic heterocycles. The predicted molar refractivity (Wildman–Crippen MR) is 132 cm³/mol. The van der Waals surface area contributed by atoms with E-state index in [-0.39, 0.29) is 10.7 Å². The highest BCUT2D eigenvalue weighted by Gasteiger charge is 2.23. The van der Waals surface area contributed by atoms with Crippen molar-refractivity contribution in [2.45, 2.75) is 6.29 Å². The molecule has 10 heteroatoms. The highest BCUT2D eigenvalue weighted by Crippen LogP contribution is 2.16. The van der Waals surface area contributed by atoms with Gasteiger partial charge in [0, 0.05) is 5.39 Å². The minimum Gasteiger partial charge on any atom is -0.446 e. The number of benzene rings is 3. The fourth-order valence-corrected chi connectivity index (χ4v) is 3.12. The number of rotatable bonds is 6. The number of hydrogen-bond donors (Lipinski definition) is 3. The van der Waals surface area contributed by atoms with Crippen molar-refractivity contribution in [3.63, 3.8) is 0 Å². The summed E-state index contributed by atoms with van der Waals surface area (Å²) in [6.07, 6.45) is -1.38. The lowest BCUT2D eigenvalue weighted by molar-refractivity contribution is -0.141. The van der Waals surface area contributed by atoms with E-state index >= 15 is 0 Å². The lowest BCUT2D eigenvalue weighted by Gasteiger charge is -2.20. The van der Waals surface area contributed by atoms with Gasteiger partial charge in [-0.3, -0.25) is 25.8 Å². The van der Waals surface area contributed by atoms with Gasteiger partial charge in [0.05, 0.1) is 0 Å². The molecular weight excluding hydrogens is 470 g/mol. The fourth-order valence-electron chi connectivity index (χ4n) is 2.98. The van der Waals surface area contributed by atoms with Gasteiger partial charge in [0.25, 0.3) is 5.91 Å². The summed E-state index contributed by atoms with van der Waals surface area (Å²) in [7, 11) is 0. The summed E-state index contributed by atoms with van der Waals surface area (Å²) < 4.78 is 16.5. The van der Waals surface area contributed by atoms with Crippen molar-refractivity contribution in [1.82, 2.24) is 16.2 Å². The average molecular weight is 490 g/mol. The Hall–Kier alpha value is -4.70. The van der Waals surface area contributed by atoms with Gasteiger partial charge in [-0.05, 0) is 48.6 Å². The van der Waals surface area contributed by atoms with Gasteiger partial charge in [-0.15, -0.1) is 0 Å². The predicted octanol–water partition coefficient (Wildman–Crippen LogP) is 2.91. The topological polar surface area (TPSA) is 119 Å². The standard InChI is InChI=1S/C25H19N3O6S/c29-21(19-15-16-9-7-8-14-20(16)34-23(19)31)26-25(35)28-27-22(30)24(32-17-10-3-1-4-11-17)33-18-12-5-2-6-13-18/h1-15,24H,(H,27,30)(H2,26,28,29,35). The Morgan fingerprint density at radius 2 is 1.37 bits per heavy atom. The maximum atomic E-state index is 12.8. The van der Waals surface area contributed by atoms with E-state index in [1.54, 1.807) is 84.9 Å². The molecule has 3 aromatic carbocycles. The van der Waals surface area contributed by atoms with Crippen molar-refractivity contribution in [3.8, 4) is 11.5 Å². The Morgan fingerprint density at radius 3 is 2.00 bits per heavy atom. The molecule has 176 valence electrons. The first-order chi connectivity index (χ1) is 17.0. The van der Waals surface area contributed by atoms with Crippen molar-refractivity contribution in [3.05, 3.63) is 107 Å². The van der Waals surface area contributed by atoms with Crippen LogP contribution < -0.4 is 31.3 Å². The number of nitrogens with one attached hydrogen (secondary N) is 3. The zero-order valence-electron chi connectivity index (χ0n) is 18.1. The highest BCUT2D eigenvalue weighted by molar-refractivity contribution is 7.80.